The maximum absolute atomic E-state index is 13.0. The molecule has 0 saturated carbocycles. The van der Waals surface area contributed by atoms with Crippen LogP contribution in [0.15, 0.2) is 42.7 Å². The fourth-order valence-corrected chi connectivity index (χ4v) is 3.48. The van der Waals surface area contributed by atoms with Gasteiger partial charge in [-0.15, -0.1) is 0 Å². The minimum Gasteiger partial charge on any atom is -0.274 e. The summed E-state index contributed by atoms with van der Waals surface area (Å²) in [5.41, 5.74) is 2.44. The lowest BCUT2D eigenvalue weighted by molar-refractivity contribution is 0.0650. The van der Waals surface area contributed by atoms with Crippen molar-refractivity contribution in [2.45, 2.75) is 32.7 Å². The number of fused-ring (bicyclic) bond motifs is 3. The van der Waals surface area contributed by atoms with Gasteiger partial charge in [0.2, 0.25) is 0 Å². The van der Waals surface area contributed by atoms with E-state index in [-0.39, 0.29) is 17.7 Å². The van der Waals surface area contributed by atoms with E-state index in [4.69, 9.17) is 0 Å². The topological polar surface area (TPSA) is 68.1 Å². The van der Waals surface area contributed by atoms with Crippen LogP contribution in [0.2, 0.25) is 0 Å². The first-order valence-corrected chi connectivity index (χ1v) is 8.84. The molecule has 3 heterocycles. The van der Waals surface area contributed by atoms with Gasteiger partial charge >= 0.3 is 0 Å². The van der Waals surface area contributed by atoms with Crippen molar-refractivity contribution >= 4 is 22.7 Å². The standard InChI is InChI=1S/C20H20N4O2/c1-13(2)18-17-16(14-7-3-4-8-15(14)22-18)19(25)24(20(17)26)12-6-11-23-10-5-9-21-23/h3-5,7-10,13H,6,11-12H2,1-2H3. The SMILES string of the molecule is CC(C)c1nc2ccccc2c2c1C(=O)N(CCCn1cccn1)C2=O. The highest BCUT2D eigenvalue weighted by molar-refractivity contribution is 6.26. The van der Waals surface area contributed by atoms with Crippen molar-refractivity contribution in [2.24, 2.45) is 0 Å². The van der Waals surface area contributed by atoms with Gasteiger partial charge in [0, 0.05) is 30.9 Å². The summed E-state index contributed by atoms with van der Waals surface area (Å²) in [4.78, 5) is 32.1. The van der Waals surface area contributed by atoms with Crippen LogP contribution >= 0.6 is 0 Å². The molecule has 1 aromatic carbocycles. The number of hydrogen-bond donors (Lipinski definition) is 0. The number of imide groups is 1. The molecular formula is C20H20N4O2. The number of pyridine rings is 1. The highest BCUT2D eigenvalue weighted by Gasteiger charge is 2.39. The number of rotatable bonds is 5. The molecule has 0 bridgehead atoms. The van der Waals surface area contributed by atoms with Crippen molar-refractivity contribution in [2.75, 3.05) is 6.54 Å². The van der Waals surface area contributed by atoms with Gasteiger partial charge in [0.1, 0.15) is 0 Å². The van der Waals surface area contributed by atoms with Crippen molar-refractivity contribution in [3.05, 3.63) is 59.5 Å². The molecule has 1 aliphatic heterocycles. The van der Waals surface area contributed by atoms with E-state index in [1.54, 1.807) is 10.9 Å². The maximum atomic E-state index is 13.0. The van der Waals surface area contributed by atoms with Gasteiger partial charge in [0.15, 0.2) is 0 Å². The Morgan fingerprint density at radius 3 is 2.50 bits per heavy atom. The molecule has 0 spiro atoms. The first-order valence-electron chi connectivity index (χ1n) is 8.84. The molecule has 0 N–H and O–H groups in total. The second-order valence-corrected chi connectivity index (χ2v) is 6.80. The molecule has 0 atom stereocenters. The van der Waals surface area contributed by atoms with Gasteiger partial charge in [-0.2, -0.15) is 5.10 Å². The van der Waals surface area contributed by atoms with Crippen LogP contribution in [-0.4, -0.2) is 38.0 Å². The minimum absolute atomic E-state index is 0.0640. The highest BCUT2D eigenvalue weighted by Crippen LogP contribution is 2.34. The van der Waals surface area contributed by atoms with Crippen LogP contribution in [0.4, 0.5) is 0 Å². The van der Waals surface area contributed by atoms with E-state index >= 15 is 0 Å². The van der Waals surface area contributed by atoms with Gasteiger partial charge in [0.25, 0.3) is 11.8 Å². The number of amides is 2. The summed E-state index contributed by atoms with van der Waals surface area (Å²) >= 11 is 0. The van der Waals surface area contributed by atoms with Crippen LogP contribution in [0.5, 0.6) is 0 Å². The summed E-state index contributed by atoms with van der Waals surface area (Å²) in [7, 11) is 0. The Morgan fingerprint density at radius 2 is 1.77 bits per heavy atom. The number of nitrogens with zero attached hydrogens (tertiary/aromatic N) is 4. The molecule has 0 fully saturated rings. The fraction of sp³-hybridized carbons (Fsp3) is 0.300. The maximum Gasteiger partial charge on any atom is 0.263 e. The zero-order valence-corrected chi connectivity index (χ0v) is 14.8. The van der Waals surface area contributed by atoms with Crippen molar-refractivity contribution < 1.29 is 9.59 Å². The summed E-state index contributed by atoms with van der Waals surface area (Å²) in [6, 6.07) is 9.38. The molecule has 2 aromatic heterocycles. The van der Waals surface area contributed by atoms with E-state index in [1.165, 1.54) is 4.90 Å². The summed E-state index contributed by atoms with van der Waals surface area (Å²) in [5, 5.41) is 4.90. The zero-order chi connectivity index (χ0) is 18.3. The van der Waals surface area contributed by atoms with E-state index < -0.39 is 0 Å². The quantitative estimate of drug-likeness (QED) is 0.664. The molecule has 132 valence electrons. The Morgan fingerprint density at radius 1 is 1.00 bits per heavy atom. The van der Waals surface area contributed by atoms with E-state index in [2.05, 4.69) is 10.1 Å². The molecule has 2 amide bonds. The summed E-state index contributed by atoms with van der Waals surface area (Å²) in [5.74, 6) is -0.382. The zero-order valence-electron chi connectivity index (χ0n) is 14.8. The molecule has 26 heavy (non-hydrogen) atoms. The van der Waals surface area contributed by atoms with Crippen LogP contribution in [0.25, 0.3) is 10.9 Å². The van der Waals surface area contributed by atoms with Crippen molar-refractivity contribution in [3.63, 3.8) is 0 Å². The van der Waals surface area contributed by atoms with Gasteiger partial charge in [0.05, 0.1) is 22.3 Å². The third-order valence-electron chi connectivity index (χ3n) is 4.71. The summed E-state index contributed by atoms with van der Waals surface area (Å²) in [6.07, 6.45) is 4.25. The Hall–Kier alpha value is -3.02. The predicted molar refractivity (Wildman–Crippen MR) is 98.0 cm³/mol. The molecule has 0 unspecified atom stereocenters. The number of aromatic nitrogens is 3. The first kappa shape index (κ1) is 16.4. The van der Waals surface area contributed by atoms with Gasteiger partial charge in [-0.1, -0.05) is 32.0 Å². The first-order chi connectivity index (χ1) is 12.6. The van der Waals surface area contributed by atoms with Crippen LogP contribution in [0.1, 0.15) is 52.6 Å². The smallest absolute Gasteiger partial charge is 0.263 e. The average molecular weight is 348 g/mol. The largest absolute Gasteiger partial charge is 0.274 e. The van der Waals surface area contributed by atoms with Crippen LogP contribution in [0.3, 0.4) is 0 Å². The van der Waals surface area contributed by atoms with E-state index in [0.29, 0.717) is 36.3 Å². The second-order valence-electron chi connectivity index (χ2n) is 6.80. The molecule has 0 saturated heterocycles. The third-order valence-corrected chi connectivity index (χ3v) is 4.71. The van der Waals surface area contributed by atoms with Gasteiger partial charge in [-0.3, -0.25) is 24.2 Å². The van der Waals surface area contributed by atoms with E-state index in [1.807, 2.05) is 50.4 Å². The van der Waals surface area contributed by atoms with Gasteiger partial charge in [-0.25, -0.2) is 0 Å². The van der Waals surface area contributed by atoms with Crippen LogP contribution < -0.4 is 0 Å². The van der Waals surface area contributed by atoms with Crippen molar-refractivity contribution in [1.82, 2.24) is 19.7 Å². The molecule has 1 aliphatic rings. The molecule has 6 nitrogen and oxygen atoms in total. The Bertz CT molecular complexity index is 992. The molecular weight excluding hydrogens is 328 g/mol. The Labute approximate surface area is 151 Å². The van der Waals surface area contributed by atoms with Crippen molar-refractivity contribution in [1.29, 1.82) is 0 Å². The Kier molecular flexibility index (Phi) is 4.03. The van der Waals surface area contributed by atoms with Crippen molar-refractivity contribution in [3.8, 4) is 0 Å². The number of aryl methyl sites for hydroxylation is 1. The molecule has 6 heteroatoms. The second kappa shape index (κ2) is 6.37. The van der Waals surface area contributed by atoms with E-state index in [9.17, 15) is 9.59 Å². The summed E-state index contributed by atoms with van der Waals surface area (Å²) < 4.78 is 1.80. The molecule has 0 aliphatic carbocycles. The number of hydrogen-bond acceptors (Lipinski definition) is 4. The molecule has 0 radical (unpaired) electrons. The molecule has 4 rings (SSSR count). The Balaban J connectivity index is 1.70. The van der Waals surface area contributed by atoms with Gasteiger partial charge in [-0.05, 0) is 24.5 Å². The predicted octanol–water partition coefficient (Wildman–Crippen LogP) is 3.24. The number of benzene rings is 1. The monoisotopic (exact) mass is 348 g/mol. The lowest BCUT2D eigenvalue weighted by Crippen LogP contribution is -2.31. The third kappa shape index (κ3) is 2.58. The fourth-order valence-electron chi connectivity index (χ4n) is 3.48. The normalized spacial score (nSPS) is 13.9. The lowest BCUT2D eigenvalue weighted by Gasteiger charge is -2.14. The van der Waals surface area contributed by atoms with Gasteiger partial charge < -0.3 is 0 Å². The van der Waals surface area contributed by atoms with Crippen LogP contribution in [0, 0.1) is 0 Å². The summed E-state index contributed by atoms with van der Waals surface area (Å²) in [6.45, 7) is 5.03. The minimum atomic E-state index is -0.229. The highest BCUT2D eigenvalue weighted by atomic mass is 16.2. The number of carbonyl (C=O) groups excluding carboxylic acids is 2. The number of para-hydroxylation sites is 1. The lowest BCUT2D eigenvalue weighted by atomic mass is 9.97. The van der Waals surface area contributed by atoms with Crippen LogP contribution in [-0.2, 0) is 6.54 Å². The number of carbonyl (C=O) groups is 2. The molecule has 3 aromatic rings. The van der Waals surface area contributed by atoms with E-state index in [0.717, 1.165) is 10.9 Å². The average Bonchev–Trinajstić information content (AvgIpc) is 3.23.